The number of pyridine rings is 2. The van der Waals surface area contributed by atoms with E-state index in [-0.39, 0.29) is 0 Å². The molecule has 0 radical (unpaired) electrons. The zero-order chi connectivity index (χ0) is 16.6. The van der Waals surface area contributed by atoms with E-state index < -0.39 is 0 Å². The van der Waals surface area contributed by atoms with E-state index >= 15 is 0 Å². The Morgan fingerprint density at radius 1 is 1.00 bits per heavy atom. The largest absolute Gasteiger partial charge is 0.366 e. The summed E-state index contributed by atoms with van der Waals surface area (Å²) in [6, 6.07) is 9.99. The lowest BCUT2D eigenvalue weighted by Crippen LogP contribution is -2.21. The molecule has 0 aliphatic heterocycles. The van der Waals surface area contributed by atoms with Crippen molar-refractivity contribution in [1.29, 1.82) is 0 Å². The quantitative estimate of drug-likeness (QED) is 0.722. The van der Waals surface area contributed by atoms with Gasteiger partial charge in [-0.1, -0.05) is 6.07 Å². The topological polar surface area (TPSA) is 66.8 Å². The lowest BCUT2D eigenvalue weighted by Gasteiger charge is -2.18. The average molecular weight is 320 g/mol. The fourth-order valence-corrected chi connectivity index (χ4v) is 2.31. The van der Waals surface area contributed by atoms with Crippen LogP contribution in [0, 0.1) is 0 Å². The third-order valence-corrected chi connectivity index (χ3v) is 3.73. The van der Waals surface area contributed by atoms with Gasteiger partial charge >= 0.3 is 0 Å². The second-order valence-corrected chi connectivity index (χ2v) is 5.50. The van der Waals surface area contributed by atoms with Crippen LogP contribution in [0.25, 0.3) is 0 Å². The molecule has 3 rings (SSSR count). The van der Waals surface area contributed by atoms with Gasteiger partial charge in [-0.3, -0.25) is 9.97 Å². The first-order valence-corrected chi connectivity index (χ1v) is 7.86. The second kappa shape index (κ2) is 8.01. The number of hydrogen-bond acceptors (Lipinski definition) is 6. The molecule has 0 saturated carbocycles. The van der Waals surface area contributed by atoms with E-state index in [1.165, 1.54) is 5.56 Å². The van der Waals surface area contributed by atoms with E-state index in [0.29, 0.717) is 6.54 Å². The van der Waals surface area contributed by atoms with E-state index in [2.05, 4.69) is 30.2 Å². The molecule has 0 aliphatic carbocycles. The summed E-state index contributed by atoms with van der Waals surface area (Å²) >= 11 is 0. The third-order valence-electron chi connectivity index (χ3n) is 3.73. The summed E-state index contributed by atoms with van der Waals surface area (Å²) in [4.78, 5) is 18.9. The highest BCUT2D eigenvalue weighted by atomic mass is 15.2. The van der Waals surface area contributed by atoms with Crippen LogP contribution in [0.15, 0.2) is 61.4 Å². The molecule has 0 amide bonds. The van der Waals surface area contributed by atoms with Crippen LogP contribution < -0.4 is 10.2 Å². The zero-order valence-corrected chi connectivity index (χ0v) is 13.6. The van der Waals surface area contributed by atoms with Crippen LogP contribution in [0.2, 0.25) is 0 Å². The van der Waals surface area contributed by atoms with Crippen molar-refractivity contribution in [3.63, 3.8) is 0 Å². The van der Waals surface area contributed by atoms with Crippen molar-refractivity contribution in [2.45, 2.75) is 13.0 Å². The van der Waals surface area contributed by atoms with Crippen molar-refractivity contribution in [3.05, 3.63) is 72.6 Å². The predicted molar refractivity (Wildman–Crippen MR) is 94.8 cm³/mol. The third kappa shape index (κ3) is 4.49. The molecule has 0 spiro atoms. The molecule has 0 unspecified atom stereocenters. The summed E-state index contributed by atoms with van der Waals surface area (Å²) in [5.74, 6) is 1.70. The maximum atomic E-state index is 4.36. The van der Waals surface area contributed by atoms with Crippen LogP contribution in [-0.2, 0) is 13.0 Å². The van der Waals surface area contributed by atoms with Crippen molar-refractivity contribution >= 4 is 11.6 Å². The molecular weight excluding hydrogens is 300 g/mol. The molecule has 0 bridgehead atoms. The van der Waals surface area contributed by atoms with Gasteiger partial charge < -0.3 is 10.2 Å². The van der Waals surface area contributed by atoms with E-state index in [1.54, 1.807) is 12.5 Å². The van der Waals surface area contributed by atoms with Crippen molar-refractivity contribution in [2.24, 2.45) is 0 Å². The number of likely N-dealkylation sites (N-methyl/N-ethyl adjacent to an activating group) is 1. The molecule has 0 aromatic carbocycles. The summed E-state index contributed by atoms with van der Waals surface area (Å²) in [7, 11) is 2.04. The highest BCUT2D eigenvalue weighted by Crippen LogP contribution is 2.14. The van der Waals surface area contributed by atoms with Gasteiger partial charge in [0.2, 0.25) is 0 Å². The van der Waals surface area contributed by atoms with Crippen molar-refractivity contribution < 1.29 is 0 Å². The Labute approximate surface area is 141 Å². The number of rotatable bonds is 7. The molecule has 24 heavy (non-hydrogen) atoms. The molecule has 3 heterocycles. The van der Waals surface area contributed by atoms with E-state index in [0.717, 1.165) is 30.2 Å². The summed E-state index contributed by atoms with van der Waals surface area (Å²) in [6.45, 7) is 1.56. The normalized spacial score (nSPS) is 10.4. The van der Waals surface area contributed by atoms with Gasteiger partial charge in [0.05, 0.1) is 0 Å². The number of nitrogens with zero attached hydrogens (tertiary/aromatic N) is 5. The monoisotopic (exact) mass is 320 g/mol. The minimum Gasteiger partial charge on any atom is -0.366 e. The van der Waals surface area contributed by atoms with Gasteiger partial charge in [0, 0.05) is 51.0 Å². The van der Waals surface area contributed by atoms with Gasteiger partial charge in [0.15, 0.2) is 0 Å². The molecule has 3 aromatic heterocycles. The Balaban J connectivity index is 1.57. The van der Waals surface area contributed by atoms with Gasteiger partial charge in [0.1, 0.15) is 18.0 Å². The summed E-state index contributed by atoms with van der Waals surface area (Å²) in [6.07, 6.45) is 9.78. The van der Waals surface area contributed by atoms with Crippen LogP contribution in [0.3, 0.4) is 0 Å². The van der Waals surface area contributed by atoms with Crippen LogP contribution >= 0.6 is 0 Å². The first-order chi connectivity index (χ1) is 11.8. The molecule has 122 valence electrons. The van der Waals surface area contributed by atoms with Crippen LogP contribution in [0.1, 0.15) is 11.1 Å². The molecule has 0 saturated heterocycles. The van der Waals surface area contributed by atoms with Gasteiger partial charge in [-0.05, 0) is 35.7 Å². The minimum atomic E-state index is 0.686. The van der Waals surface area contributed by atoms with Crippen molar-refractivity contribution in [1.82, 2.24) is 19.9 Å². The average Bonchev–Trinajstić information content (AvgIpc) is 2.66. The smallest absolute Gasteiger partial charge is 0.133 e. The Kier molecular flexibility index (Phi) is 5.29. The van der Waals surface area contributed by atoms with Crippen LogP contribution in [0.5, 0.6) is 0 Å². The Hall–Kier alpha value is -3.02. The SMILES string of the molecule is CN(CCc1ccncc1)c1cc(NCc2cccnc2)ncn1. The Morgan fingerprint density at radius 2 is 1.88 bits per heavy atom. The number of nitrogens with one attached hydrogen (secondary N) is 1. The maximum absolute atomic E-state index is 4.36. The van der Waals surface area contributed by atoms with Crippen molar-refractivity contribution in [2.75, 3.05) is 23.8 Å². The standard InChI is InChI=1S/C18H20N6/c1-24(10-6-15-4-8-19-9-5-15)18-11-17(22-14-23-18)21-13-16-3-2-7-20-12-16/h2-5,7-9,11-12,14H,6,10,13H2,1H3,(H,21,22,23). The number of aromatic nitrogens is 4. The fourth-order valence-electron chi connectivity index (χ4n) is 2.31. The molecular formula is C18H20N6. The molecule has 6 heteroatoms. The molecule has 6 nitrogen and oxygen atoms in total. The van der Waals surface area contributed by atoms with Crippen LogP contribution in [0.4, 0.5) is 11.6 Å². The fraction of sp³-hybridized carbons (Fsp3) is 0.222. The minimum absolute atomic E-state index is 0.686. The predicted octanol–water partition coefficient (Wildman–Crippen LogP) is 2.56. The Bertz CT molecular complexity index is 748. The second-order valence-electron chi connectivity index (χ2n) is 5.50. The zero-order valence-electron chi connectivity index (χ0n) is 13.6. The summed E-state index contributed by atoms with van der Waals surface area (Å²) in [5.41, 5.74) is 2.38. The lowest BCUT2D eigenvalue weighted by atomic mass is 10.2. The van der Waals surface area contributed by atoms with E-state index in [4.69, 9.17) is 0 Å². The molecule has 0 atom stereocenters. The molecule has 0 aliphatic rings. The molecule has 1 N–H and O–H groups in total. The van der Waals surface area contributed by atoms with Gasteiger partial charge in [-0.15, -0.1) is 0 Å². The number of anilines is 2. The van der Waals surface area contributed by atoms with E-state index in [9.17, 15) is 0 Å². The highest BCUT2D eigenvalue weighted by Gasteiger charge is 2.05. The lowest BCUT2D eigenvalue weighted by molar-refractivity contribution is 0.854. The molecule has 0 fully saturated rings. The molecule has 3 aromatic rings. The summed E-state index contributed by atoms with van der Waals surface area (Å²) < 4.78 is 0. The van der Waals surface area contributed by atoms with Gasteiger partial charge in [-0.2, -0.15) is 0 Å². The summed E-state index contributed by atoms with van der Waals surface area (Å²) in [5, 5.41) is 3.30. The Morgan fingerprint density at radius 3 is 2.67 bits per heavy atom. The first-order valence-electron chi connectivity index (χ1n) is 7.86. The van der Waals surface area contributed by atoms with Gasteiger partial charge in [-0.25, -0.2) is 9.97 Å². The van der Waals surface area contributed by atoms with Crippen molar-refractivity contribution in [3.8, 4) is 0 Å². The maximum Gasteiger partial charge on any atom is 0.133 e. The van der Waals surface area contributed by atoms with Gasteiger partial charge in [0.25, 0.3) is 0 Å². The van der Waals surface area contributed by atoms with E-state index in [1.807, 2.05) is 56.0 Å². The number of hydrogen-bond donors (Lipinski definition) is 1. The van der Waals surface area contributed by atoms with Crippen LogP contribution in [-0.4, -0.2) is 33.5 Å². The highest BCUT2D eigenvalue weighted by molar-refractivity contribution is 5.48. The first kappa shape index (κ1) is 15.9.